The van der Waals surface area contributed by atoms with Gasteiger partial charge in [-0.15, -0.1) is 11.3 Å². The van der Waals surface area contributed by atoms with Gasteiger partial charge in [-0.05, 0) is 29.8 Å². The van der Waals surface area contributed by atoms with Gasteiger partial charge in [-0.1, -0.05) is 30.3 Å². The van der Waals surface area contributed by atoms with Crippen molar-refractivity contribution in [2.24, 2.45) is 0 Å². The minimum Gasteiger partial charge on any atom is -0.497 e. The number of nitrogens with zero attached hydrogens (tertiary/aromatic N) is 2. The van der Waals surface area contributed by atoms with E-state index in [4.69, 9.17) is 4.74 Å². The quantitative estimate of drug-likeness (QED) is 0.562. The lowest BCUT2D eigenvalue weighted by Gasteiger charge is -2.08. The van der Waals surface area contributed by atoms with Crippen molar-refractivity contribution >= 4 is 33.1 Å². The normalized spacial score (nSPS) is 10.8. The molecule has 1 N–H and O–H groups in total. The number of rotatable bonds is 5. The van der Waals surface area contributed by atoms with E-state index in [1.807, 2.05) is 35.7 Å². The van der Waals surface area contributed by atoms with Crippen LogP contribution in [0.4, 0.5) is 5.69 Å². The fourth-order valence-electron chi connectivity index (χ4n) is 2.91. The Morgan fingerprint density at radius 1 is 1.14 bits per heavy atom. The second kappa shape index (κ2) is 7.66. The summed E-state index contributed by atoms with van der Waals surface area (Å²) in [6.45, 7) is -0.105. The van der Waals surface area contributed by atoms with E-state index in [2.05, 4.69) is 10.3 Å². The summed E-state index contributed by atoms with van der Waals surface area (Å²) in [5.74, 6) is 0.407. The number of hydrogen-bond donors (Lipinski definition) is 1. The Hall–Kier alpha value is -3.45. The summed E-state index contributed by atoms with van der Waals surface area (Å²) in [6, 6.07) is 16.8. The fourth-order valence-corrected chi connectivity index (χ4v) is 3.88. The number of aromatic nitrogens is 2. The minimum atomic E-state index is -0.298. The van der Waals surface area contributed by atoms with E-state index in [-0.39, 0.29) is 18.0 Å². The number of amides is 1. The lowest BCUT2D eigenvalue weighted by Crippen LogP contribution is -2.27. The van der Waals surface area contributed by atoms with Gasteiger partial charge < -0.3 is 10.1 Å². The van der Waals surface area contributed by atoms with E-state index in [0.29, 0.717) is 21.7 Å². The number of nitrogens with one attached hydrogen (secondary N) is 1. The fraction of sp³-hybridized carbons (Fsp3) is 0.0952. The average molecular weight is 391 g/mol. The summed E-state index contributed by atoms with van der Waals surface area (Å²) in [5.41, 5.74) is 3.01. The predicted molar refractivity (Wildman–Crippen MR) is 111 cm³/mol. The highest BCUT2D eigenvalue weighted by Gasteiger charge is 2.14. The van der Waals surface area contributed by atoms with Crippen LogP contribution in [0.3, 0.4) is 0 Å². The molecule has 0 saturated heterocycles. The van der Waals surface area contributed by atoms with Gasteiger partial charge in [0.1, 0.15) is 17.0 Å². The number of methoxy groups -OCH3 is 1. The maximum Gasteiger partial charge on any atom is 0.271 e. The van der Waals surface area contributed by atoms with Gasteiger partial charge in [-0.3, -0.25) is 14.2 Å². The SMILES string of the molecule is COc1ccc(NC(=O)Cn2cnc3c(-c4ccccc4)csc3c2=O)cc1. The van der Waals surface area contributed by atoms with E-state index in [9.17, 15) is 9.59 Å². The minimum absolute atomic E-state index is 0.105. The van der Waals surface area contributed by atoms with Crippen LogP contribution in [0.25, 0.3) is 21.3 Å². The maximum absolute atomic E-state index is 12.8. The van der Waals surface area contributed by atoms with Gasteiger partial charge in [-0.25, -0.2) is 4.98 Å². The zero-order valence-electron chi connectivity index (χ0n) is 15.1. The summed E-state index contributed by atoms with van der Waals surface area (Å²) in [6.07, 6.45) is 1.43. The maximum atomic E-state index is 12.8. The number of anilines is 1. The van der Waals surface area contributed by atoms with Gasteiger partial charge in [0, 0.05) is 16.6 Å². The smallest absolute Gasteiger partial charge is 0.271 e. The summed E-state index contributed by atoms with van der Waals surface area (Å²) in [5, 5.41) is 4.70. The van der Waals surface area contributed by atoms with Gasteiger partial charge in [-0.2, -0.15) is 0 Å². The number of carbonyl (C=O) groups excluding carboxylic acids is 1. The first kappa shape index (κ1) is 17.9. The molecule has 0 bridgehead atoms. The Labute approximate surface area is 165 Å². The second-order valence-electron chi connectivity index (χ2n) is 6.15. The van der Waals surface area contributed by atoms with Crippen LogP contribution < -0.4 is 15.6 Å². The predicted octanol–water partition coefficient (Wildman–Crippen LogP) is 3.77. The number of thiophene rings is 1. The van der Waals surface area contributed by atoms with Crippen molar-refractivity contribution in [3.05, 3.63) is 76.7 Å². The summed E-state index contributed by atoms with van der Waals surface area (Å²) in [4.78, 5) is 29.5. The highest BCUT2D eigenvalue weighted by Crippen LogP contribution is 2.30. The third kappa shape index (κ3) is 3.52. The number of ether oxygens (including phenoxy) is 1. The molecule has 6 nitrogen and oxygen atoms in total. The molecule has 0 spiro atoms. The molecular weight excluding hydrogens is 374 g/mol. The zero-order chi connectivity index (χ0) is 19.5. The van der Waals surface area contributed by atoms with Crippen LogP contribution in [-0.4, -0.2) is 22.6 Å². The molecule has 2 heterocycles. The first-order chi connectivity index (χ1) is 13.7. The van der Waals surface area contributed by atoms with Crippen LogP contribution >= 0.6 is 11.3 Å². The lowest BCUT2D eigenvalue weighted by atomic mass is 10.1. The van der Waals surface area contributed by atoms with E-state index < -0.39 is 0 Å². The van der Waals surface area contributed by atoms with Gasteiger partial charge in [0.2, 0.25) is 5.91 Å². The third-order valence-corrected chi connectivity index (χ3v) is 5.28. The topological polar surface area (TPSA) is 73.2 Å². The molecule has 140 valence electrons. The van der Waals surface area contributed by atoms with Crippen molar-refractivity contribution in [1.82, 2.24) is 9.55 Å². The Balaban J connectivity index is 1.56. The molecule has 2 aromatic carbocycles. The molecule has 1 amide bonds. The van der Waals surface area contributed by atoms with Crippen molar-refractivity contribution < 1.29 is 9.53 Å². The zero-order valence-corrected chi connectivity index (χ0v) is 15.9. The van der Waals surface area contributed by atoms with E-state index in [1.54, 1.807) is 31.4 Å². The van der Waals surface area contributed by atoms with Crippen molar-refractivity contribution in [1.29, 1.82) is 0 Å². The van der Waals surface area contributed by atoms with Crippen LogP contribution in [0.15, 0.2) is 71.1 Å². The standard InChI is InChI=1S/C21H17N3O3S/c1-27-16-9-7-15(8-10-16)23-18(25)11-24-13-22-19-17(12-28-20(19)21(24)26)14-5-3-2-4-6-14/h2-10,12-13H,11H2,1H3,(H,23,25). The largest absolute Gasteiger partial charge is 0.497 e. The van der Waals surface area contributed by atoms with E-state index >= 15 is 0 Å². The van der Waals surface area contributed by atoms with Gasteiger partial charge in [0.05, 0.1) is 19.0 Å². The summed E-state index contributed by atoms with van der Waals surface area (Å²) < 4.78 is 6.96. The van der Waals surface area contributed by atoms with Gasteiger partial charge in [0.15, 0.2) is 0 Å². The van der Waals surface area contributed by atoms with Gasteiger partial charge >= 0.3 is 0 Å². The molecule has 0 aliphatic carbocycles. The number of fused-ring (bicyclic) bond motifs is 1. The molecule has 4 rings (SSSR count). The molecule has 0 aliphatic heterocycles. The van der Waals surface area contributed by atoms with Gasteiger partial charge in [0.25, 0.3) is 5.56 Å². The Morgan fingerprint density at radius 3 is 2.61 bits per heavy atom. The van der Waals surface area contributed by atoms with Crippen molar-refractivity contribution in [2.45, 2.75) is 6.54 Å². The molecule has 4 aromatic rings. The van der Waals surface area contributed by atoms with Crippen molar-refractivity contribution in [3.8, 4) is 16.9 Å². The first-order valence-electron chi connectivity index (χ1n) is 8.61. The number of carbonyl (C=O) groups is 1. The monoisotopic (exact) mass is 391 g/mol. The highest BCUT2D eigenvalue weighted by molar-refractivity contribution is 7.17. The molecule has 0 radical (unpaired) electrons. The van der Waals surface area contributed by atoms with E-state index in [1.165, 1.54) is 22.2 Å². The Kier molecular flexibility index (Phi) is 4.90. The molecule has 28 heavy (non-hydrogen) atoms. The molecule has 0 unspecified atom stereocenters. The molecule has 7 heteroatoms. The molecule has 0 saturated carbocycles. The van der Waals surface area contributed by atoms with Crippen LogP contribution in [-0.2, 0) is 11.3 Å². The number of benzene rings is 2. The molecular formula is C21H17N3O3S. The highest BCUT2D eigenvalue weighted by atomic mass is 32.1. The van der Waals surface area contributed by atoms with E-state index in [0.717, 1.165) is 11.1 Å². The second-order valence-corrected chi connectivity index (χ2v) is 7.03. The van der Waals surface area contributed by atoms with Crippen LogP contribution in [0, 0.1) is 0 Å². The summed E-state index contributed by atoms with van der Waals surface area (Å²) >= 11 is 1.34. The molecule has 0 atom stereocenters. The Morgan fingerprint density at radius 2 is 1.89 bits per heavy atom. The van der Waals surface area contributed by atoms with Crippen LogP contribution in [0.5, 0.6) is 5.75 Å². The molecule has 0 aliphatic rings. The van der Waals surface area contributed by atoms with Crippen LogP contribution in [0.2, 0.25) is 0 Å². The Bertz CT molecular complexity index is 1180. The first-order valence-corrected chi connectivity index (χ1v) is 9.49. The van der Waals surface area contributed by atoms with Crippen molar-refractivity contribution in [3.63, 3.8) is 0 Å². The summed E-state index contributed by atoms with van der Waals surface area (Å²) in [7, 11) is 1.58. The lowest BCUT2D eigenvalue weighted by molar-refractivity contribution is -0.116. The molecule has 2 aromatic heterocycles. The molecule has 0 fully saturated rings. The van der Waals surface area contributed by atoms with Crippen LogP contribution in [0.1, 0.15) is 0 Å². The third-order valence-electron chi connectivity index (χ3n) is 4.32. The average Bonchev–Trinajstić information content (AvgIpc) is 3.16. The number of hydrogen-bond acceptors (Lipinski definition) is 5. The van der Waals surface area contributed by atoms with Crippen molar-refractivity contribution in [2.75, 3.05) is 12.4 Å².